The van der Waals surface area contributed by atoms with Crippen LogP contribution in [-0.4, -0.2) is 63.4 Å². The summed E-state index contributed by atoms with van der Waals surface area (Å²) in [7, 11) is -1.60. The van der Waals surface area contributed by atoms with E-state index in [9.17, 15) is 13.5 Å². The van der Waals surface area contributed by atoms with E-state index in [1.807, 2.05) is 7.05 Å². The van der Waals surface area contributed by atoms with E-state index in [1.165, 1.54) is 0 Å². The fourth-order valence-corrected chi connectivity index (χ4v) is 4.69. The predicted molar refractivity (Wildman–Crippen MR) is 86.6 cm³/mol. The molecule has 126 valence electrons. The molecule has 3 unspecified atom stereocenters. The van der Waals surface area contributed by atoms with Crippen molar-refractivity contribution in [3.8, 4) is 0 Å². The Morgan fingerprint density at radius 3 is 2.95 bits per heavy atom. The Bertz CT molecular complexity index is 547. The first-order chi connectivity index (χ1) is 10.4. The van der Waals surface area contributed by atoms with Crippen LogP contribution < -0.4 is 4.72 Å². The normalized spacial score (nSPS) is 25.9. The van der Waals surface area contributed by atoms with Crippen LogP contribution in [0.5, 0.6) is 0 Å². The third-order valence-corrected chi connectivity index (χ3v) is 6.62. The summed E-state index contributed by atoms with van der Waals surface area (Å²) in [5.41, 5.74) is 0. The van der Waals surface area contributed by atoms with Gasteiger partial charge in [0.25, 0.3) is 0 Å². The Balaban J connectivity index is 1.90. The van der Waals surface area contributed by atoms with Crippen molar-refractivity contribution < 1.29 is 18.3 Å². The number of sulfonamides is 1. The van der Waals surface area contributed by atoms with Gasteiger partial charge in [0, 0.05) is 6.54 Å². The number of likely N-dealkylation sites (N-methyl/N-ethyl adjacent to an activating group) is 1. The molecule has 6 nitrogen and oxygen atoms in total. The van der Waals surface area contributed by atoms with Crippen molar-refractivity contribution >= 4 is 21.4 Å². The number of hydrogen-bond donors (Lipinski definition) is 2. The largest absolute Gasteiger partial charge is 0.389 e. The van der Waals surface area contributed by atoms with E-state index in [-0.39, 0.29) is 16.9 Å². The van der Waals surface area contributed by atoms with Gasteiger partial charge in [-0.3, -0.25) is 0 Å². The topological polar surface area (TPSA) is 78.9 Å². The van der Waals surface area contributed by atoms with Crippen LogP contribution >= 0.6 is 11.3 Å². The molecule has 2 rings (SSSR count). The van der Waals surface area contributed by atoms with Crippen molar-refractivity contribution in [1.29, 1.82) is 0 Å². The van der Waals surface area contributed by atoms with Crippen molar-refractivity contribution in [2.24, 2.45) is 0 Å². The fraction of sp³-hybridized carbons (Fsp3) is 0.714. The van der Waals surface area contributed by atoms with Gasteiger partial charge in [-0.05, 0) is 31.5 Å². The SMILES string of the molecule is CCCCN(C)CC1OCC(NS(=O)(=O)c2cccs2)C1O. The summed E-state index contributed by atoms with van der Waals surface area (Å²) in [4.78, 5) is 2.10. The fourth-order valence-electron chi connectivity index (χ4n) is 2.45. The van der Waals surface area contributed by atoms with E-state index >= 15 is 0 Å². The van der Waals surface area contributed by atoms with E-state index in [0.29, 0.717) is 6.54 Å². The van der Waals surface area contributed by atoms with Gasteiger partial charge >= 0.3 is 0 Å². The van der Waals surface area contributed by atoms with Gasteiger partial charge in [0.2, 0.25) is 10.0 Å². The summed E-state index contributed by atoms with van der Waals surface area (Å²) in [5.74, 6) is 0. The van der Waals surface area contributed by atoms with Crippen LogP contribution in [0, 0.1) is 0 Å². The van der Waals surface area contributed by atoms with Crippen LogP contribution in [-0.2, 0) is 14.8 Å². The Morgan fingerprint density at radius 2 is 2.32 bits per heavy atom. The zero-order chi connectivity index (χ0) is 16.2. The van der Waals surface area contributed by atoms with Crippen LogP contribution in [0.15, 0.2) is 21.7 Å². The maximum atomic E-state index is 12.2. The van der Waals surface area contributed by atoms with Crippen molar-refractivity contribution in [1.82, 2.24) is 9.62 Å². The van der Waals surface area contributed by atoms with Gasteiger partial charge in [-0.2, -0.15) is 0 Å². The molecule has 0 saturated carbocycles. The highest BCUT2D eigenvalue weighted by molar-refractivity contribution is 7.91. The molecule has 0 aliphatic carbocycles. The van der Waals surface area contributed by atoms with Gasteiger partial charge < -0.3 is 14.7 Å². The average molecular weight is 348 g/mol. The molecule has 1 aliphatic heterocycles. The van der Waals surface area contributed by atoms with Crippen molar-refractivity contribution in [3.63, 3.8) is 0 Å². The lowest BCUT2D eigenvalue weighted by atomic mass is 10.1. The molecule has 0 amide bonds. The molecule has 0 bridgehead atoms. The number of aliphatic hydroxyl groups excluding tert-OH is 1. The number of aliphatic hydroxyl groups is 1. The Morgan fingerprint density at radius 1 is 1.55 bits per heavy atom. The van der Waals surface area contributed by atoms with Gasteiger partial charge in [-0.1, -0.05) is 19.4 Å². The minimum absolute atomic E-state index is 0.193. The molecule has 1 saturated heterocycles. The molecule has 1 aromatic heterocycles. The highest BCUT2D eigenvalue weighted by Gasteiger charge is 2.38. The van der Waals surface area contributed by atoms with Gasteiger partial charge in [0.05, 0.1) is 24.9 Å². The number of nitrogens with one attached hydrogen (secondary N) is 1. The van der Waals surface area contributed by atoms with E-state index < -0.39 is 22.2 Å². The second-order valence-corrected chi connectivity index (χ2v) is 8.53. The van der Waals surface area contributed by atoms with Crippen molar-refractivity contribution in [3.05, 3.63) is 17.5 Å². The maximum Gasteiger partial charge on any atom is 0.250 e. The van der Waals surface area contributed by atoms with Gasteiger partial charge in [-0.15, -0.1) is 11.3 Å². The van der Waals surface area contributed by atoms with Gasteiger partial charge in [0.15, 0.2) is 0 Å². The monoisotopic (exact) mass is 348 g/mol. The number of nitrogens with zero attached hydrogens (tertiary/aromatic N) is 1. The molecule has 2 heterocycles. The summed E-state index contributed by atoms with van der Waals surface area (Å²) < 4.78 is 32.7. The van der Waals surface area contributed by atoms with Crippen molar-refractivity contribution in [2.75, 3.05) is 26.7 Å². The standard InChI is InChI=1S/C14H24N2O4S2/c1-3-4-7-16(2)9-12-14(17)11(10-20-12)15-22(18,19)13-6-5-8-21-13/h5-6,8,11-12,14-15,17H,3-4,7,9-10H2,1-2H3. The molecule has 0 radical (unpaired) electrons. The maximum absolute atomic E-state index is 12.2. The Labute approximate surface area is 136 Å². The molecule has 1 aromatic rings. The van der Waals surface area contributed by atoms with E-state index in [0.717, 1.165) is 30.7 Å². The third-order valence-electron chi connectivity index (χ3n) is 3.73. The molecule has 1 aliphatic rings. The molecule has 2 N–H and O–H groups in total. The summed E-state index contributed by atoms with van der Waals surface area (Å²) >= 11 is 1.15. The summed E-state index contributed by atoms with van der Waals surface area (Å²) in [6.45, 7) is 3.86. The number of thiophene rings is 1. The molecular formula is C14H24N2O4S2. The minimum atomic E-state index is -3.58. The zero-order valence-electron chi connectivity index (χ0n) is 12.9. The average Bonchev–Trinajstić information content (AvgIpc) is 3.11. The molecule has 22 heavy (non-hydrogen) atoms. The van der Waals surface area contributed by atoms with Gasteiger partial charge in [0.1, 0.15) is 4.21 Å². The molecule has 3 atom stereocenters. The highest BCUT2D eigenvalue weighted by atomic mass is 32.2. The molecule has 0 spiro atoms. The first kappa shape index (κ1) is 17.8. The van der Waals surface area contributed by atoms with E-state index in [4.69, 9.17) is 4.74 Å². The third kappa shape index (κ3) is 4.50. The lowest BCUT2D eigenvalue weighted by molar-refractivity contribution is 0.0203. The van der Waals surface area contributed by atoms with Crippen LogP contribution in [0.3, 0.4) is 0 Å². The van der Waals surface area contributed by atoms with Crippen molar-refractivity contribution in [2.45, 2.75) is 42.2 Å². The summed E-state index contributed by atoms with van der Waals surface area (Å²) in [5, 5.41) is 12.0. The lowest BCUT2D eigenvalue weighted by Crippen LogP contribution is -2.46. The van der Waals surface area contributed by atoms with Crippen LogP contribution in [0.1, 0.15) is 19.8 Å². The highest BCUT2D eigenvalue weighted by Crippen LogP contribution is 2.20. The Hall–Kier alpha value is -0.510. The second-order valence-electron chi connectivity index (χ2n) is 5.64. The molecule has 8 heteroatoms. The number of unbranched alkanes of at least 4 members (excludes halogenated alkanes) is 1. The Kier molecular flexibility index (Phi) is 6.36. The smallest absolute Gasteiger partial charge is 0.250 e. The lowest BCUT2D eigenvalue weighted by Gasteiger charge is -2.23. The second kappa shape index (κ2) is 7.85. The van der Waals surface area contributed by atoms with Gasteiger partial charge in [-0.25, -0.2) is 13.1 Å². The van der Waals surface area contributed by atoms with E-state index in [2.05, 4.69) is 16.5 Å². The first-order valence-corrected chi connectivity index (χ1v) is 9.84. The van der Waals surface area contributed by atoms with E-state index in [1.54, 1.807) is 17.5 Å². The molecule has 0 aromatic carbocycles. The zero-order valence-corrected chi connectivity index (χ0v) is 14.6. The minimum Gasteiger partial charge on any atom is -0.389 e. The number of hydrogen-bond acceptors (Lipinski definition) is 6. The first-order valence-electron chi connectivity index (χ1n) is 7.48. The predicted octanol–water partition coefficient (Wildman–Crippen LogP) is 0.887. The number of rotatable bonds is 8. The summed E-state index contributed by atoms with van der Waals surface area (Å²) in [6.07, 6.45) is 1.01. The molecular weight excluding hydrogens is 324 g/mol. The molecule has 1 fully saturated rings. The van der Waals surface area contributed by atoms with Crippen LogP contribution in [0.2, 0.25) is 0 Å². The van der Waals surface area contributed by atoms with Crippen LogP contribution in [0.4, 0.5) is 0 Å². The van der Waals surface area contributed by atoms with Crippen LogP contribution in [0.25, 0.3) is 0 Å². The quantitative estimate of drug-likeness (QED) is 0.729. The summed E-state index contributed by atoms with van der Waals surface area (Å²) in [6, 6.07) is 2.63. The number of ether oxygens (including phenoxy) is 1.